The standard InChI is InChI=1S/C17H24N2O/c1-16-5-12-3-13(6-16)8-17(7-12,11-16)15(20)4-14-9-18-19(2)10-14/h9-10,12-13H,3-8,11H2,1-2H3. The van der Waals surface area contributed by atoms with Crippen molar-refractivity contribution >= 4 is 5.78 Å². The van der Waals surface area contributed by atoms with Crippen LogP contribution in [0.1, 0.15) is 51.0 Å². The molecule has 1 heterocycles. The maximum Gasteiger partial charge on any atom is 0.143 e. The summed E-state index contributed by atoms with van der Waals surface area (Å²) in [6, 6.07) is 0. The zero-order valence-corrected chi connectivity index (χ0v) is 12.6. The number of rotatable bonds is 3. The molecule has 5 rings (SSSR count). The van der Waals surface area contributed by atoms with Crippen LogP contribution in [0, 0.1) is 22.7 Å². The Morgan fingerprint density at radius 2 is 2.05 bits per heavy atom. The number of aryl methyl sites for hydroxylation is 1. The molecule has 0 amide bonds. The normalized spacial score (nSPS) is 42.1. The third kappa shape index (κ3) is 1.86. The Hall–Kier alpha value is -1.12. The Balaban J connectivity index is 1.59. The molecule has 0 saturated heterocycles. The number of Topliss-reactive ketones (excluding diaryl/α,β-unsaturated/α-hetero) is 1. The fraction of sp³-hybridized carbons (Fsp3) is 0.765. The van der Waals surface area contributed by atoms with Gasteiger partial charge < -0.3 is 0 Å². The molecular formula is C17H24N2O. The van der Waals surface area contributed by atoms with Gasteiger partial charge in [0.25, 0.3) is 0 Å². The molecule has 2 atom stereocenters. The molecule has 0 spiro atoms. The molecule has 4 saturated carbocycles. The third-order valence-electron chi connectivity index (χ3n) is 6.07. The molecule has 4 aliphatic carbocycles. The van der Waals surface area contributed by atoms with Gasteiger partial charge in [0, 0.05) is 25.1 Å². The van der Waals surface area contributed by atoms with Gasteiger partial charge in [0.2, 0.25) is 0 Å². The van der Waals surface area contributed by atoms with Crippen LogP contribution in [0.3, 0.4) is 0 Å². The number of nitrogens with zero attached hydrogens (tertiary/aromatic N) is 2. The van der Waals surface area contributed by atoms with Crippen LogP contribution in [0.15, 0.2) is 12.4 Å². The van der Waals surface area contributed by atoms with Gasteiger partial charge in [-0.2, -0.15) is 5.10 Å². The molecule has 20 heavy (non-hydrogen) atoms. The first kappa shape index (κ1) is 12.6. The van der Waals surface area contributed by atoms with E-state index in [1.165, 1.54) is 19.3 Å². The van der Waals surface area contributed by atoms with Crippen LogP contribution < -0.4 is 0 Å². The summed E-state index contributed by atoms with van der Waals surface area (Å²) in [5.41, 5.74) is 1.54. The number of carbonyl (C=O) groups excluding carboxylic acids is 1. The molecule has 2 unspecified atom stereocenters. The highest BCUT2D eigenvalue weighted by Gasteiger charge is 2.58. The van der Waals surface area contributed by atoms with E-state index in [-0.39, 0.29) is 5.41 Å². The number of ketones is 1. The van der Waals surface area contributed by atoms with Crippen molar-refractivity contribution in [1.29, 1.82) is 0 Å². The lowest BCUT2D eigenvalue weighted by atomic mass is 9.43. The highest BCUT2D eigenvalue weighted by molar-refractivity contribution is 5.87. The van der Waals surface area contributed by atoms with E-state index in [0.29, 0.717) is 17.6 Å². The first-order chi connectivity index (χ1) is 9.46. The van der Waals surface area contributed by atoms with Crippen molar-refractivity contribution in [2.45, 2.75) is 51.9 Å². The maximum atomic E-state index is 13.0. The Labute approximate surface area is 120 Å². The average Bonchev–Trinajstić information content (AvgIpc) is 2.71. The molecule has 0 N–H and O–H groups in total. The van der Waals surface area contributed by atoms with Gasteiger partial charge in [-0.15, -0.1) is 0 Å². The monoisotopic (exact) mass is 272 g/mol. The third-order valence-corrected chi connectivity index (χ3v) is 6.07. The summed E-state index contributed by atoms with van der Waals surface area (Å²) in [5.74, 6) is 2.13. The Morgan fingerprint density at radius 3 is 2.60 bits per heavy atom. The van der Waals surface area contributed by atoms with Gasteiger partial charge in [-0.1, -0.05) is 6.92 Å². The fourth-order valence-corrected chi connectivity index (χ4v) is 5.98. The van der Waals surface area contributed by atoms with E-state index in [9.17, 15) is 4.79 Å². The van der Waals surface area contributed by atoms with Crippen LogP contribution in [0.4, 0.5) is 0 Å². The van der Waals surface area contributed by atoms with E-state index in [0.717, 1.165) is 36.7 Å². The van der Waals surface area contributed by atoms with Crippen LogP contribution >= 0.6 is 0 Å². The van der Waals surface area contributed by atoms with Crippen LogP contribution in [-0.2, 0) is 18.3 Å². The van der Waals surface area contributed by atoms with E-state index in [1.54, 1.807) is 4.68 Å². The largest absolute Gasteiger partial charge is 0.299 e. The smallest absolute Gasteiger partial charge is 0.143 e. The van der Waals surface area contributed by atoms with Gasteiger partial charge in [0.05, 0.1) is 6.20 Å². The van der Waals surface area contributed by atoms with E-state index >= 15 is 0 Å². The topological polar surface area (TPSA) is 34.9 Å². The zero-order chi connectivity index (χ0) is 14.0. The van der Waals surface area contributed by atoms with Crippen molar-refractivity contribution in [2.24, 2.45) is 29.7 Å². The molecule has 3 heteroatoms. The van der Waals surface area contributed by atoms with Crippen LogP contribution in [0.25, 0.3) is 0 Å². The summed E-state index contributed by atoms with van der Waals surface area (Å²) in [7, 11) is 1.92. The van der Waals surface area contributed by atoms with E-state index < -0.39 is 0 Å². The minimum absolute atomic E-state index is 0.00861. The highest BCUT2D eigenvalue weighted by atomic mass is 16.1. The second kappa shape index (κ2) is 3.96. The van der Waals surface area contributed by atoms with Gasteiger partial charge in [-0.05, 0) is 61.3 Å². The minimum atomic E-state index is 0.00861. The van der Waals surface area contributed by atoms with Crippen molar-refractivity contribution in [2.75, 3.05) is 0 Å². The fourth-order valence-electron chi connectivity index (χ4n) is 5.98. The lowest BCUT2D eigenvalue weighted by Gasteiger charge is -2.60. The number of hydrogen-bond donors (Lipinski definition) is 0. The lowest BCUT2D eigenvalue weighted by molar-refractivity contribution is -0.152. The zero-order valence-electron chi connectivity index (χ0n) is 12.6. The summed E-state index contributed by atoms with van der Waals surface area (Å²) >= 11 is 0. The SMILES string of the molecule is Cn1cc(CC(=O)C23CC4CC(CC(C)(C4)C2)C3)cn1. The molecule has 0 aromatic carbocycles. The molecule has 4 fully saturated rings. The van der Waals surface area contributed by atoms with Gasteiger partial charge in [-0.3, -0.25) is 9.48 Å². The van der Waals surface area contributed by atoms with E-state index in [1.807, 2.05) is 19.4 Å². The first-order valence-electron chi connectivity index (χ1n) is 7.97. The predicted octanol–water partition coefficient (Wildman–Crippen LogP) is 3.14. The molecule has 1 aromatic heterocycles. The summed E-state index contributed by atoms with van der Waals surface area (Å²) in [6.45, 7) is 2.43. The second-order valence-corrected chi connectivity index (χ2v) is 8.17. The summed E-state index contributed by atoms with van der Waals surface area (Å²) in [5, 5.41) is 4.19. The predicted molar refractivity (Wildman–Crippen MR) is 77.1 cm³/mol. The minimum Gasteiger partial charge on any atom is -0.299 e. The van der Waals surface area contributed by atoms with Crippen molar-refractivity contribution in [3.8, 4) is 0 Å². The van der Waals surface area contributed by atoms with Crippen LogP contribution in [0.5, 0.6) is 0 Å². The molecule has 3 nitrogen and oxygen atoms in total. The highest BCUT2D eigenvalue weighted by Crippen LogP contribution is 2.65. The average molecular weight is 272 g/mol. The molecule has 1 aromatic rings. The number of carbonyl (C=O) groups is 1. The van der Waals surface area contributed by atoms with Gasteiger partial charge in [0.15, 0.2) is 0 Å². The Kier molecular flexibility index (Phi) is 2.49. The molecule has 4 bridgehead atoms. The van der Waals surface area contributed by atoms with Crippen molar-refractivity contribution in [3.05, 3.63) is 18.0 Å². The molecule has 0 radical (unpaired) electrons. The van der Waals surface area contributed by atoms with Gasteiger partial charge in [0.1, 0.15) is 5.78 Å². The van der Waals surface area contributed by atoms with E-state index in [2.05, 4.69) is 12.0 Å². The van der Waals surface area contributed by atoms with Crippen molar-refractivity contribution in [3.63, 3.8) is 0 Å². The van der Waals surface area contributed by atoms with Gasteiger partial charge in [-0.25, -0.2) is 0 Å². The Morgan fingerprint density at radius 1 is 1.35 bits per heavy atom. The summed E-state index contributed by atoms with van der Waals surface area (Å²) < 4.78 is 1.80. The molecule has 4 aliphatic rings. The van der Waals surface area contributed by atoms with Crippen LogP contribution in [-0.4, -0.2) is 15.6 Å². The molecule has 108 valence electrons. The quantitative estimate of drug-likeness (QED) is 0.847. The van der Waals surface area contributed by atoms with Crippen molar-refractivity contribution < 1.29 is 4.79 Å². The Bertz CT molecular complexity index is 545. The first-order valence-corrected chi connectivity index (χ1v) is 7.97. The lowest BCUT2D eigenvalue weighted by Crippen LogP contribution is -2.54. The molecular weight excluding hydrogens is 248 g/mol. The van der Waals surface area contributed by atoms with E-state index in [4.69, 9.17) is 0 Å². The van der Waals surface area contributed by atoms with Crippen LogP contribution in [0.2, 0.25) is 0 Å². The van der Waals surface area contributed by atoms with Gasteiger partial charge >= 0.3 is 0 Å². The summed E-state index contributed by atoms with van der Waals surface area (Å²) in [6.07, 6.45) is 12.0. The number of hydrogen-bond acceptors (Lipinski definition) is 2. The summed E-state index contributed by atoms with van der Waals surface area (Å²) in [4.78, 5) is 13.0. The van der Waals surface area contributed by atoms with Crippen molar-refractivity contribution in [1.82, 2.24) is 9.78 Å². The maximum absolute atomic E-state index is 13.0. The molecule has 0 aliphatic heterocycles. The number of aromatic nitrogens is 2. The second-order valence-electron chi connectivity index (χ2n) is 8.17.